The number of nitrogens with two attached hydrogens (primary N) is 1. The zero-order valence-electron chi connectivity index (χ0n) is 11.2. The van der Waals surface area contributed by atoms with Gasteiger partial charge in [-0.2, -0.15) is 0 Å². The molecule has 0 saturated carbocycles. The summed E-state index contributed by atoms with van der Waals surface area (Å²) in [7, 11) is 0. The molecule has 5 heteroatoms. The molecule has 4 nitrogen and oxygen atoms in total. The van der Waals surface area contributed by atoms with Crippen LogP contribution in [0.3, 0.4) is 0 Å². The minimum absolute atomic E-state index is 0.148. The SMILES string of the molecule is Cc1cnc(C(C)(C)NC(=O)c2cccc(N)c2)s1. The number of nitrogens with zero attached hydrogens (tertiary/aromatic N) is 1. The van der Waals surface area contributed by atoms with E-state index in [1.165, 1.54) is 0 Å². The molecule has 0 radical (unpaired) electrons. The third-order valence-electron chi connectivity index (χ3n) is 2.73. The number of rotatable bonds is 3. The number of nitrogen functional groups attached to an aromatic ring is 1. The summed E-state index contributed by atoms with van der Waals surface area (Å²) in [5.41, 5.74) is 6.32. The molecular formula is C14H17N3OS. The lowest BCUT2D eigenvalue weighted by atomic mass is 10.1. The quantitative estimate of drug-likeness (QED) is 0.846. The fourth-order valence-corrected chi connectivity index (χ4v) is 2.56. The van der Waals surface area contributed by atoms with E-state index in [1.807, 2.05) is 27.0 Å². The summed E-state index contributed by atoms with van der Waals surface area (Å²) in [5.74, 6) is -0.148. The van der Waals surface area contributed by atoms with Crippen LogP contribution in [0, 0.1) is 6.92 Å². The van der Waals surface area contributed by atoms with Gasteiger partial charge in [0.05, 0.1) is 5.54 Å². The predicted octanol–water partition coefficient (Wildman–Crippen LogP) is 2.70. The molecule has 0 spiro atoms. The molecule has 1 aromatic heterocycles. The maximum atomic E-state index is 12.2. The van der Waals surface area contributed by atoms with E-state index >= 15 is 0 Å². The molecular weight excluding hydrogens is 258 g/mol. The van der Waals surface area contributed by atoms with Gasteiger partial charge in [-0.25, -0.2) is 4.98 Å². The molecule has 0 unspecified atom stereocenters. The Hall–Kier alpha value is -1.88. The van der Waals surface area contributed by atoms with Crippen molar-refractivity contribution in [3.63, 3.8) is 0 Å². The highest BCUT2D eigenvalue weighted by Crippen LogP contribution is 2.25. The number of aryl methyl sites for hydroxylation is 1. The number of carbonyl (C=O) groups is 1. The fourth-order valence-electron chi connectivity index (χ4n) is 1.73. The molecule has 1 heterocycles. The molecule has 0 aliphatic carbocycles. The van der Waals surface area contributed by atoms with Crippen LogP contribution in [0.5, 0.6) is 0 Å². The second-order valence-corrected chi connectivity index (χ2v) is 6.22. The van der Waals surface area contributed by atoms with Crippen molar-refractivity contribution in [2.24, 2.45) is 0 Å². The first-order chi connectivity index (χ1) is 8.88. The van der Waals surface area contributed by atoms with Crippen LogP contribution < -0.4 is 11.1 Å². The number of amides is 1. The first-order valence-corrected chi connectivity index (χ1v) is 6.81. The fraction of sp³-hybridized carbons (Fsp3) is 0.286. The minimum atomic E-state index is -0.499. The van der Waals surface area contributed by atoms with Gasteiger partial charge in [0.1, 0.15) is 5.01 Å². The van der Waals surface area contributed by atoms with Gasteiger partial charge < -0.3 is 11.1 Å². The zero-order chi connectivity index (χ0) is 14.0. The number of hydrogen-bond donors (Lipinski definition) is 2. The summed E-state index contributed by atoms with van der Waals surface area (Å²) in [5, 5.41) is 3.87. The Bertz CT molecular complexity index is 604. The van der Waals surface area contributed by atoms with Crippen LogP contribution in [-0.2, 0) is 5.54 Å². The lowest BCUT2D eigenvalue weighted by molar-refractivity contribution is 0.0912. The zero-order valence-corrected chi connectivity index (χ0v) is 12.0. The highest BCUT2D eigenvalue weighted by Gasteiger charge is 2.26. The highest BCUT2D eigenvalue weighted by molar-refractivity contribution is 7.11. The number of carbonyl (C=O) groups excluding carboxylic acids is 1. The van der Waals surface area contributed by atoms with E-state index in [-0.39, 0.29) is 5.91 Å². The summed E-state index contributed by atoms with van der Waals surface area (Å²) < 4.78 is 0. The summed E-state index contributed by atoms with van der Waals surface area (Å²) in [6.07, 6.45) is 1.81. The smallest absolute Gasteiger partial charge is 0.252 e. The normalized spacial score (nSPS) is 11.3. The lowest BCUT2D eigenvalue weighted by Crippen LogP contribution is -2.40. The molecule has 0 aliphatic rings. The van der Waals surface area contributed by atoms with Gasteiger partial charge in [-0.05, 0) is 39.0 Å². The van der Waals surface area contributed by atoms with Crippen LogP contribution in [0.2, 0.25) is 0 Å². The summed E-state index contributed by atoms with van der Waals surface area (Å²) in [6.45, 7) is 5.88. The third kappa shape index (κ3) is 3.12. The lowest BCUT2D eigenvalue weighted by Gasteiger charge is -2.23. The molecule has 19 heavy (non-hydrogen) atoms. The Morgan fingerprint density at radius 3 is 2.74 bits per heavy atom. The van der Waals surface area contributed by atoms with E-state index in [0.29, 0.717) is 11.3 Å². The number of thiazole rings is 1. The van der Waals surface area contributed by atoms with Crippen LogP contribution in [0.15, 0.2) is 30.5 Å². The number of hydrogen-bond acceptors (Lipinski definition) is 4. The van der Waals surface area contributed by atoms with Crippen molar-refractivity contribution in [2.75, 3.05) is 5.73 Å². The topological polar surface area (TPSA) is 68.0 Å². The van der Waals surface area contributed by atoms with E-state index in [0.717, 1.165) is 9.88 Å². The Morgan fingerprint density at radius 2 is 2.16 bits per heavy atom. The largest absolute Gasteiger partial charge is 0.399 e. The van der Waals surface area contributed by atoms with Gasteiger partial charge in [0.25, 0.3) is 5.91 Å². The van der Waals surface area contributed by atoms with Crippen LogP contribution in [-0.4, -0.2) is 10.9 Å². The van der Waals surface area contributed by atoms with Gasteiger partial charge in [0, 0.05) is 22.3 Å². The van der Waals surface area contributed by atoms with Gasteiger partial charge in [0.15, 0.2) is 0 Å². The predicted molar refractivity (Wildman–Crippen MR) is 78.2 cm³/mol. The first-order valence-electron chi connectivity index (χ1n) is 5.99. The second kappa shape index (κ2) is 5.01. The van der Waals surface area contributed by atoms with E-state index in [1.54, 1.807) is 35.6 Å². The second-order valence-electron chi connectivity index (χ2n) is 4.98. The Morgan fingerprint density at radius 1 is 1.42 bits per heavy atom. The molecule has 1 aromatic carbocycles. The van der Waals surface area contributed by atoms with Gasteiger partial charge in [-0.3, -0.25) is 4.79 Å². The van der Waals surface area contributed by atoms with Crippen molar-refractivity contribution in [2.45, 2.75) is 26.3 Å². The maximum absolute atomic E-state index is 12.2. The van der Waals surface area contributed by atoms with Gasteiger partial charge in [-0.1, -0.05) is 6.07 Å². The van der Waals surface area contributed by atoms with Crippen LogP contribution >= 0.6 is 11.3 Å². The van der Waals surface area contributed by atoms with Crippen molar-refractivity contribution in [3.05, 3.63) is 45.9 Å². The average molecular weight is 275 g/mol. The summed E-state index contributed by atoms with van der Waals surface area (Å²) in [4.78, 5) is 17.7. The van der Waals surface area contributed by atoms with E-state index in [4.69, 9.17) is 5.73 Å². The van der Waals surface area contributed by atoms with E-state index in [2.05, 4.69) is 10.3 Å². The number of benzene rings is 1. The monoisotopic (exact) mass is 275 g/mol. The van der Waals surface area contributed by atoms with E-state index < -0.39 is 5.54 Å². The Balaban J connectivity index is 2.18. The molecule has 2 aromatic rings. The van der Waals surface area contributed by atoms with Crippen LogP contribution in [0.1, 0.15) is 34.1 Å². The van der Waals surface area contributed by atoms with Crippen molar-refractivity contribution in [3.8, 4) is 0 Å². The molecule has 0 aliphatic heterocycles. The standard InChI is InChI=1S/C14H17N3OS/c1-9-8-16-13(19-9)14(2,3)17-12(18)10-5-4-6-11(15)7-10/h4-8H,15H2,1-3H3,(H,17,18). The van der Waals surface area contributed by atoms with Gasteiger partial charge in [0.2, 0.25) is 0 Å². The molecule has 1 amide bonds. The van der Waals surface area contributed by atoms with Crippen LogP contribution in [0.4, 0.5) is 5.69 Å². The van der Waals surface area contributed by atoms with Crippen LogP contribution in [0.25, 0.3) is 0 Å². The molecule has 0 fully saturated rings. The number of nitrogens with one attached hydrogen (secondary N) is 1. The number of anilines is 1. The molecule has 0 saturated heterocycles. The molecule has 3 N–H and O–H groups in total. The summed E-state index contributed by atoms with van der Waals surface area (Å²) >= 11 is 1.58. The first kappa shape index (κ1) is 13.5. The van der Waals surface area contributed by atoms with Crippen molar-refractivity contribution >= 4 is 22.9 Å². The third-order valence-corrected chi connectivity index (χ3v) is 3.97. The van der Waals surface area contributed by atoms with Gasteiger partial charge >= 0.3 is 0 Å². The van der Waals surface area contributed by atoms with Crippen molar-refractivity contribution in [1.82, 2.24) is 10.3 Å². The number of aromatic nitrogens is 1. The summed E-state index contributed by atoms with van der Waals surface area (Å²) in [6, 6.07) is 6.93. The van der Waals surface area contributed by atoms with Crippen molar-refractivity contribution < 1.29 is 4.79 Å². The van der Waals surface area contributed by atoms with Gasteiger partial charge in [-0.15, -0.1) is 11.3 Å². The highest BCUT2D eigenvalue weighted by atomic mass is 32.1. The average Bonchev–Trinajstić information content (AvgIpc) is 2.76. The maximum Gasteiger partial charge on any atom is 0.252 e. The molecule has 2 rings (SSSR count). The molecule has 0 bridgehead atoms. The van der Waals surface area contributed by atoms with Crippen molar-refractivity contribution in [1.29, 1.82) is 0 Å². The molecule has 0 atom stereocenters. The Labute approximate surface area is 116 Å². The molecule has 100 valence electrons. The van der Waals surface area contributed by atoms with E-state index in [9.17, 15) is 4.79 Å². The minimum Gasteiger partial charge on any atom is -0.399 e. The Kier molecular flexibility index (Phi) is 3.57.